The monoisotopic (exact) mass is 282 g/mol. The highest BCUT2D eigenvalue weighted by molar-refractivity contribution is 9.10. The number of halogens is 1. The first-order valence-electron chi connectivity index (χ1n) is 5.95. The molecule has 1 aliphatic rings. The fourth-order valence-corrected chi connectivity index (χ4v) is 2.84. The van der Waals surface area contributed by atoms with Crippen molar-refractivity contribution in [3.63, 3.8) is 0 Å². The predicted octanol–water partition coefficient (Wildman–Crippen LogP) is 3.88. The Balaban J connectivity index is 1.94. The van der Waals surface area contributed by atoms with Gasteiger partial charge in [0.15, 0.2) is 0 Å². The molecule has 2 nitrogen and oxygen atoms in total. The van der Waals surface area contributed by atoms with E-state index in [0.717, 1.165) is 34.2 Å². The number of anilines is 2. The number of hydrogen-bond donors (Lipinski definition) is 2. The molecular weight excluding hydrogens is 264 g/mol. The van der Waals surface area contributed by atoms with E-state index in [1.165, 1.54) is 19.3 Å². The van der Waals surface area contributed by atoms with Gasteiger partial charge in [0.2, 0.25) is 0 Å². The molecule has 0 heterocycles. The van der Waals surface area contributed by atoms with Crippen molar-refractivity contribution in [3.05, 3.63) is 22.7 Å². The van der Waals surface area contributed by atoms with E-state index < -0.39 is 0 Å². The highest BCUT2D eigenvalue weighted by atomic mass is 79.9. The molecule has 1 saturated carbocycles. The molecule has 2 unspecified atom stereocenters. The van der Waals surface area contributed by atoms with Crippen molar-refractivity contribution in [1.29, 1.82) is 0 Å². The smallest absolute Gasteiger partial charge is 0.0574 e. The van der Waals surface area contributed by atoms with Crippen LogP contribution in [0.25, 0.3) is 0 Å². The van der Waals surface area contributed by atoms with Gasteiger partial charge in [-0.15, -0.1) is 0 Å². The Hall–Kier alpha value is -0.700. The molecular formula is C13H19BrN2. The molecule has 0 aromatic heterocycles. The van der Waals surface area contributed by atoms with Crippen molar-refractivity contribution in [1.82, 2.24) is 0 Å². The summed E-state index contributed by atoms with van der Waals surface area (Å²) in [6.07, 6.45) is 4.11. The van der Waals surface area contributed by atoms with Crippen LogP contribution in [0.2, 0.25) is 0 Å². The molecule has 1 fully saturated rings. The van der Waals surface area contributed by atoms with Crippen LogP contribution in [0, 0.1) is 11.8 Å². The maximum atomic E-state index is 5.95. The van der Waals surface area contributed by atoms with Crippen LogP contribution in [0.1, 0.15) is 26.2 Å². The lowest BCUT2D eigenvalue weighted by molar-refractivity contribution is 0.440. The lowest BCUT2D eigenvalue weighted by Gasteiger charge is -2.17. The summed E-state index contributed by atoms with van der Waals surface area (Å²) < 4.78 is 1.03. The zero-order valence-corrected chi connectivity index (χ0v) is 11.3. The van der Waals surface area contributed by atoms with Crippen molar-refractivity contribution in [2.45, 2.75) is 26.2 Å². The molecule has 0 spiro atoms. The van der Waals surface area contributed by atoms with Crippen LogP contribution in [0.4, 0.5) is 11.4 Å². The van der Waals surface area contributed by atoms with Crippen LogP contribution < -0.4 is 11.1 Å². The van der Waals surface area contributed by atoms with E-state index in [2.05, 4.69) is 28.2 Å². The van der Waals surface area contributed by atoms with E-state index in [1.54, 1.807) is 0 Å². The van der Waals surface area contributed by atoms with Gasteiger partial charge >= 0.3 is 0 Å². The van der Waals surface area contributed by atoms with Gasteiger partial charge in [-0.2, -0.15) is 0 Å². The lowest BCUT2D eigenvalue weighted by atomic mass is 9.98. The fraction of sp³-hybridized carbons (Fsp3) is 0.538. The minimum absolute atomic E-state index is 0.808. The van der Waals surface area contributed by atoms with Crippen LogP contribution in [0.5, 0.6) is 0 Å². The second kappa shape index (κ2) is 5.09. The third-order valence-corrected chi connectivity index (χ3v) is 4.10. The highest BCUT2D eigenvalue weighted by Crippen LogP contribution is 2.32. The van der Waals surface area contributed by atoms with E-state index >= 15 is 0 Å². The first kappa shape index (κ1) is 11.8. The lowest BCUT2D eigenvalue weighted by Crippen LogP contribution is -2.17. The molecule has 2 rings (SSSR count). The van der Waals surface area contributed by atoms with Crippen molar-refractivity contribution in [2.75, 3.05) is 17.6 Å². The number of nitrogens with two attached hydrogens (primary N) is 1. The molecule has 3 N–H and O–H groups in total. The van der Waals surface area contributed by atoms with Crippen LogP contribution in [-0.2, 0) is 0 Å². The zero-order valence-electron chi connectivity index (χ0n) is 9.67. The van der Waals surface area contributed by atoms with Gasteiger partial charge in [0.05, 0.1) is 11.4 Å². The minimum Gasteiger partial charge on any atom is -0.397 e. The van der Waals surface area contributed by atoms with Crippen LogP contribution in [0.15, 0.2) is 22.7 Å². The SMILES string of the molecule is CC1CCCC1CNc1ccc(Br)cc1N. The topological polar surface area (TPSA) is 38.0 Å². The normalized spacial score (nSPS) is 24.6. The quantitative estimate of drug-likeness (QED) is 0.826. The summed E-state index contributed by atoms with van der Waals surface area (Å²) in [6, 6.07) is 6.01. The van der Waals surface area contributed by atoms with E-state index in [-0.39, 0.29) is 0 Å². The Labute approximate surface area is 106 Å². The Morgan fingerprint density at radius 1 is 1.44 bits per heavy atom. The molecule has 0 bridgehead atoms. The van der Waals surface area contributed by atoms with Crippen molar-refractivity contribution in [3.8, 4) is 0 Å². The molecule has 16 heavy (non-hydrogen) atoms. The van der Waals surface area contributed by atoms with Gasteiger partial charge in [0, 0.05) is 11.0 Å². The summed E-state index contributed by atoms with van der Waals surface area (Å²) >= 11 is 3.42. The third-order valence-electron chi connectivity index (χ3n) is 3.61. The minimum atomic E-state index is 0.808. The average Bonchev–Trinajstić information content (AvgIpc) is 2.63. The molecule has 2 atom stereocenters. The molecule has 0 saturated heterocycles. The molecule has 0 radical (unpaired) electrons. The molecule has 1 aliphatic carbocycles. The number of rotatable bonds is 3. The number of nitrogens with one attached hydrogen (secondary N) is 1. The molecule has 1 aromatic rings. The van der Waals surface area contributed by atoms with Gasteiger partial charge in [0.1, 0.15) is 0 Å². The third kappa shape index (κ3) is 2.70. The fourth-order valence-electron chi connectivity index (χ4n) is 2.46. The average molecular weight is 283 g/mol. The predicted molar refractivity (Wildman–Crippen MR) is 73.5 cm³/mol. The zero-order chi connectivity index (χ0) is 11.5. The largest absolute Gasteiger partial charge is 0.397 e. The number of benzene rings is 1. The number of nitrogen functional groups attached to an aromatic ring is 1. The van der Waals surface area contributed by atoms with E-state index in [0.29, 0.717) is 0 Å². The summed E-state index contributed by atoms with van der Waals surface area (Å²) in [4.78, 5) is 0. The molecule has 88 valence electrons. The van der Waals surface area contributed by atoms with Crippen molar-refractivity contribution in [2.24, 2.45) is 11.8 Å². The van der Waals surface area contributed by atoms with E-state index in [1.807, 2.05) is 18.2 Å². The van der Waals surface area contributed by atoms with Crippen LogP contribution in [-0.4, -0.2) is 6.54 Å². The summed E-state index contributed by atoms with van der Waals surface area (Å²) in [5.74, 6) is 1.66. The Morgan fingerprint density at radius 2 is 2.25 bits per heavy atom. The molecule has 1 aromatic carbocycles. The van der Waals surface area contributed by atoms with Gasteiger partial charge in [-0.1, -0.05) is 35.7 Å². The summed E-state index contributed by atoms with van der Waals surface area (Å²) in [6.45, 7) is 3.40. The van der Waals surface area contributed by atoms with E-state index in [9.17, 15) is 0 Å². The molecule has 0 aliphatic heterocycles. The first-order chi connectivity index (χ1) is 7.66. The maximum Gasteiger partial charge on any atom is 0.0574 e. The van der Waals surface area contributed by atoms with Gasteiger partial charge in [-0.25, -0.2) is 0 Å². The number of hydrogen-bond acceptors (Lipinski definition) is 2. The first-order valence-corrected chi connectivity index (χ1v) is 6.75. The summed E-state index contributed by atoms with van der Waals surface area (Å²) in [5.41, 5.74) is 7.83. The Morgan fingerprint density at radius 3 is 2.88 bits per heavy atom. The maximum absolute atomic E-state index is 5.95. The van der Waals surface area contributed by atoms with Gasteiger partial charge < -0.3 is 11.1 Å². The van der Waals surface area contributed by atoms with E-state index in [4.69, 9.17) is 5.73 Å². The molecule has 0 amide bonds. The second-order valence-corrected chi connectivity index (χ2v) is 5.70. The van der Waals surface area contributed by atoms with Crippen molar-refractivity contribution < 1.29 is 0 Å². The summed E-state index contributed by atoms with van der Waals surface area (Å²) in [7, 11) is 0. The van der Waals surface area contributed by atoms with Crippen LogP contribution in [0.3, 0.4) is 0 Å². The van der Waals surface area contributed by atoms with Gasteiger partial charge in [0.25, 0.3) is 0 Å². The summed E-state index contributed by atoms with van der Waals surface area (Å²) in [5, 5.41) is 3.47. The van der Waals surface area contributed by atoms with Gasteiger partial charge in [-0.3, -0.25) is 0 Å². The van der Waals surface area contributed by atoms with Crippen molar-refractivity contribution >= 4 is 27.3 Å². The van der Waals surface area contributed by atoms with Crippen LogP contribution >= 0.6 is 15.9 Å². The Bertz CT molecular complexity index is 365. The standard InChI is InChI=1S/C13H19BrN2/c1-9-3-2-4-10(9)8-16-13-6-5-11(14)7-12(13)15/h5-7,9-10,16H,2-4,8,15H2,1H3. The molecule has 3 heteroatoms. The second-order valence-electron chi connectivity index (χ2n) is 4.78. The Kier molecular flexibility index (Phi) is 3.74. The highest BCUT2D eigenvalue weighted by Gasteiger charge is 2.22. The van der Waals surface area contributed by atoms with Gasteiger partial charge in [-0.05, 0) is 36.5 Å².